The molecule has 0 bridgehead atoms. The highest BCUT2D eigenvalue weighted by atomic mass is 79.9. The highest BCUT2D eigenvalue weighted by Crippen LogP contribution is 2.21. The van der Waals surface area contributed by atoms with Gasteiger partial charge < -0.3 is 4.90 Å². The molecule has 2 heterocycles. The van der Waals surface area contributed by atoms with Crippen molar-refractivity contribution < 1.29 is 0 Å². The lowest BCUT2D eigenvalue weighted by Crippen LogP contribution is -2.37. The van der Waals surface area contributed by atoms with Gasteiger partial charge in [0.1, 0.15) is 0 Å². The summed E-state index contributed by atoms with van der Waals surface area (Å²) in [5.74, 6) is 1.58. The smallest absolute Gasteiger partial charge is 0.225 e. The van der Waals surface area contributed by atoms with Gasteiger partial charge in [-0.25, -0.2) is 9.97 Å². The SMILES string of the molecule is BrCC1CCCN(c2ncc(Br)cn2)C1. The van der Waals surface area contributed by atoms with Crippen molar-refractivity contribution in [1.29, 1.82) is 0 Å². The maximum Gasteiger partial charge on any atom is 0.225 e. The number of halogens is 2. The van der Waals surface area contributed by atoms with Crippen LogP contribution in [0.1, 0.15) is 12.8 Å². The van der Waals surface area contributed by atoms with Gasteiger partial charge in [-0.05, 0) is 34.7 Å². The first-order chi connectivity index (χ1) is 7.29. The summed E-state index contributed by atoms with van der Waals surface area (Å²) in [5.41, 5.74) is 0. The predicted octanol–water partition coefficient (Wildman–Crippen LogP) is 2.85. The van der Waals surface area contributed by atoms with Crippen LogP contribution >= 0.6 is 31.9 Å². The molecule has 0 spiro atoms. The number of anilines is 1. The molecular weight excluding hydrogens is 322 g/mol. The Bertz CT molecular complexity index is 315. The van der Waals surface area contributed by atoms with Crippen LogP contribution in [0.15, 0.2) is 16.9 Å². The first-order valence-electron chi connectivity index (χ1n) is 5.08. The van der Waals surface area contributed by atoms with Gasteiger partial charge in [0.05, 0.1) is 4.47 Å². The Morgan fingerprint density at radius 1 is 1.40 bits per heavy atom. The molecule has 0 N–H and O–H groups in total. The molecule has 1 saturated heterocycles. The third-order valence-corrected chi connectivity index (χ3v) is 3.95. The van der Waals surface area contributed by atoms with Crippen molar-refractivity contribution in [2.45, 2.75) is 12.8 Å². The quantitative estimate of drug-likeness (QED) is 0.779. The molecule has 1 aromatic heterocycles. The molecule has 0 aliphatic carbocycles. The van der Waals surface area contributed by atoms with Crippen LogP contribution in [-0.2, 0) is 0 Å². The molecule has 1 atom stereocenters. The third kappa shape index (κ3) is 2.91. The van der Waals surface area contributed by atoms with E-state index >= 15 is 0 Å². The van der Waals surface area contributed by atoms with Crippen LogP contribution in [0.5, 0.6) is 0 Å². The van der Waals surface area contributed by atoms with Crippen molar-refractivity contribution in [1.82, 2.24) is 9.97 Å². The highest BCUT2D eigenvalue weighted by molar-refractivity contribution is 9.10. The molecule has 82 valence electrons. The molecule has 15 heavy (non-hydrogen) atoms. The summed E-state index contributed by atoms with van der Waals surface area (Å²) in [7, 11) is 0. The minimum atomic E-state index is 0.728. The standard InChI is InChI=1S/C10H13Br2N3/c11-4-8-2-1-3-15(7-8)10-13-5-9(12)6-14-10/h5-6,8H,1-4,7H2. The molecule has 1 aliphatic heterocycles. The Morgan fingerprint density at radius 3 is 2.80 bits per heavy atom. The van der Waals surface area contributed by atoms with Crippen LogP contribution in [0.25, 0.3) is 0 Å². The molecule has 1 fully saturated rings. The van der Waals surface area contributed by atoms with Crippen molar-refractivity contribution in [3.8, 4) is 0 Å². The van der Waals surface area contributed by atoms with E-state index in [0.29, 0.717) is 0 Å². The average Bonchev–Trinajstić information content (AvgIpc) is 2.30. The summed E-state index contributed by atoms with van der Waals surface area (Å²) in [6, 6.07) is 0. The van der Waals surface area contributed by atoms with Gasteiger partial charge in [0.15, 0.2) is 0 Å². The van der Waals surface area contributed by atoms with Crippen molar-refractivity contribution in [3.63, 3.8) is 0 Å². The number of hydrogen-bond donors (Lipinski definition) is 0. The molecule has 5 heteroatoms. The monoisotopic (exact) mass is 333 g/mol. The normalized spacial score (nSPS) is 21.7. The summed E-state index contributed by atoms with van der Waals surface area (Å²) in [5, 5.41) is 1.07. The zero-order valence-electron chi connectivity index (χ0n) is 8.37. The second kappa shape index (κ2) is 5.25. The van der Waals surface area contributed by atoms with Crippen LogP contribution < -0.4 is 4.90 Å². The Hall–Kier alpha value is -0.160. The number of nitrogens with zero attached hydrogens (tertiary/aromatic N) is 3. The van der Waals surface area contributed by atoms with Gasteiger partial charge >= 0.3 is 0 Å². The van der Waals surface area contributed by atoms with E-state index in [-0.39, 0.29) is 0 Å². The van der Waals surface area contributed by atoms with Gasteiger partial charge in [-0.3, -0.25) is 0 Å². The number of aromatic nitrogens is 2. The maximum atomic E-state index is 4.32. The van der Waals surface area contributed by atoms with E-state index in [1.807, 2.05) is 0 Å². The Kier molecular flexibility index (Phi) is 3.97. The van der Waals surface area contributed by atoms with E-state index in [4.69, 9.17) is 0 Å². The Balaban J connectivity index is 2.06. The van der Waals surface area contributed by atoms with Gasteiger partial charge in [0.25, 0.3) is 0 Å². The van der Waals surface area contributed by atoms with Gasteiger partial charge in [-0.1, -0.05) is 15.9 Å². The van der Waals surface area contributed by atoms with Gasteiger partial charge in [-0.15, -0.1) is 0 Å². The summed E-state index contributed by atoms with van der Waals surface area (Å²) in [6.07, 6.45) is 6.15. The molecule has 1 aliphatic rings. The molecule has 1 aromatic rings. The summed E-state index contributed by atoms with van der Waals surface area (Å²) >= 11 is 6.89. The van der Waals surface area contributed by atoms with Crippen LogP contribution in [-0.4, -0.2) is 28.4 Å². The lowest BCUT2D eigenvalue weighted by molar-refractivity contribution is 0.450. The molecule has 1 unspecified atom stereocenters. The van der Waals surface area contributed by atoms with Crippen molar-refractivity contribution in [2.24, 2.45) is 5.92 Å². The summed E-state index contributed by atoms with van der Waals surface area (Å²) in [6.45, 7) is 2.14. The van der Waals surface area contributed by atoms with E-state index in [9.17, 15) is 0 Å². The third-order valence-electron chi connectivity index (χ3n) is 2.63. The van der Waals surface area contributed by atoms with Gasteiger partial charge in [0, 0.05) is 30.8 Å². The molecule has 3 nitrogen and oxygen atoms in total. The lowest BCUT2D eigenvalue weighted by Gasteiger charge is -2.31. The van der Waals surface area contributed by atoms with Crippen LogP contribution in [0.4, 0.5) is 5.95 Å². The number of rotatable bonds is 2. The van der Waals surface area contributed by atoms with Gasteiger partial charge in [-0.2, -0.15) is 0 Å². The van der Waals surface area contributed by atoms with Crippen LogP contribution in [0.2, 0.25) is 0 Å². The zero-order valence-corrected chi connectivity index (χ0v) is 11.5. The Labute approximate surface area is 107 Å². The summed E-state index contributed by atoms with van der Waals surface area (Å²) < 4.78 is 0.931. The molecule has 0 amide bonds. The molecular formula is C10H13Br2N3. The fraction of sp³-hybridized carbons (Fsp3) is 0.600. The number of hydrogen-bond acceptors (Lipinski definition) is 3. The number of piperidine rings is 1. The molecule has 0 saturated carbocycles. The van der Waals surface area contributed by atoms with E-state index in [2.05, 4.69) is 46.7 Å². The minimum absolute atomic E-state index is 0.728. The van der Waals surface area contributed by atoms with Crippen molar-refractivity contribution in [3.05, 3.63) is 16.9 Å². The largest absolute Gasteiger partial charge is 0.341 e. The number of alkyl halides is 1. The fourth-order valence-corrected chi connectivity index (χ4v) is 2.57. The van der Waals surface area contributed by atoms with E-state index < -0.39 is 0 Å². The van der Waals surface area contributed by atoms with Crippen LogP contribution in [0.3, 0.4) is 0 Å². The molecule has 0 radical (unpaired) electrons. The van der Waals surface area contributed by atoms with Crippen LogP contribution in [0, 0.1) is 5.92 Å². The lowest BCUT2D eigenvalue weighted by atomic mass is 10.0. The predicted molar refractivity (Wildman–Crippen MR) is 68.5 cm³/mol. The first-order valence-corrected chi connectivity index (χ1v) is 6.99. The van der Waals surface area contributed by atoms with Gasteiger partial charge in [0.2, 0.25) is 5.95 Å². The minimum Gasteiger partial charge on any atom is -0.341 e. The zero-order chi connectivity index (χ0) is 10.7. The van der Waals surface area contributed by atoms with E-state index in [0.717, 1.165) is 34.8 Å². The first kappa shape index (κ1) is 11.3. The molecule has 0 aromatic carbocycles. The molecule has 2 rings (SSSR count). The highest BCUT2D eigenvalue weighted by Gasteiger charge is 2.20. The fourth-order valence-electron chi connectivity index (χ4n) is 1.84. The summed E-state index contributed by atoms with van der Waals surface area (Å²) in [4.78, 5) is 10.9. The average molecular weight is 335 g/mol. The van der Waals surface area contributed by atoms with Crippen molar-refractivity contribution >= 4 is 37.8 Å². The topological polar surface area (TPSA) is 29.0 Å². The van der Waals surface area contributed by atoms with E-state index in [1.165, 1.54) is 12.8 Å². The Morgan fingerprint density at radius 2 is 2.13 bits per heavy atom. The van der Waals surface area contributed by atoms with E-state index in [1.54, 1.807) is 12.4 Å². The maximum absolute atomic E-state index is 4.32. The second-order valence-electron chi connectivity index (χ2n) is 3.81. The second-order valence-corrected chi connectivity index (χ2v) is 5.37. The van der Waals surface area contributed by atoms with Crippen molar-refractivity contribution in [2.75, 3.05) is 23.3 Å².